The Morgan fingerprint density at radius 1 is 1.16 bits per heavy atom. The van der Waals surface area contributed by atoms with Crippen LogP contribution in [0.1, 0.15) is 11.1 Å². The number of nitrogens with zero attached hydrogens (tertiary/aromatic N) is 1. The van der Waals surface area contributed by atoms with Gasteiger partial charge in [-0.2, -0.15) is 0 Å². The van der Waals surface area contributed by atoms with Crippen molar-refractivity contribution >= 4 is 22.4 Å². The number of pyridine rings is 1. The lowest BCUT2D eigenvalue weighted by Crippen LogP contribution is -2.33. The molecule has 0 fully saturated rings. The zero-order valence-corrected chi connectivity index (χ0v) is 12.0. The molecule has 0 amide bonds. The van der Waals surface area contributed by atoms with Gasteiger partial charge in [-0.3, -0.25) is 9.19 Å². The Morgan fingerprint density at radius 3 is 2.21 bits per heavy atom. The number of aliphatic hydroxyl groups is 1. The van der Waals surface area contributed by atoms with E-state index in [1.54, 1.807) is 55.0 Å². The summed E-state index contributed by atoms with van der Waals surface area (Å²) in [6.07, 6.45) is 4.78. The van der Waals surface area contributed by atoms with Crippen molar-refractivity contribution in [1.29, 1.82) is 0 Å². The zero-order valence-electron chi connectivity index (χ0n) is 10.4. The molecule has 0 radical (unpaired) electrons. The summed E-state index contributed by atoms with van der Waals surface area (Å²) in [4.78, 5) is 3.94. The molecular weight excluding hydrogens is 282 g/mol. The predicted molar refractivity (Wildman–Crippen MR) is 77.6 cm³/mol. The van der Waals surface area contributed by atoms with Gasteiger partial charge in [-0.05, 0) is 35.4 Å². The van der Waals surface area contributed by atoms with Gasteiger partial charge in [-0.15, -0.1) is 0 Å². The van der Waals surface area contributed by atoms with Gasteiger partial charge in [0.15, 0.2) is 0 Å². The molecule has 0 aliphatic rings. The third-order valence-corrected chi connectivity index (χ3v) is 3.97. The summed E-state index contributed by atoms with van der Waals surface area (Å²) in [7, 11) is -1.14. The quantitative estimate of drug-likeness (QED) is 0.942. The maximum atomic E-state index is 11.6. The Morgan fingerprint density at radius 2 is 1.68 bits per heavy atom. The molecule has 0 saturated heterocycles. The fraction of sp³-hybridized carbons (Fsp3) is 0.214. The average Bonchev–Trinajstić information content (AvgIpc) is 2.39. The number of hydrogen-bond acceptors (Lipinski definition) is 3. The van der Waals surface area contributed by atoms with Gasteiger partial charge in [0.2, 0.25) is 0 Å². The second-order valence-corrected chi connectivity index (χ2v) is 6.19. The van der Waals surface area contributed by atoms with Gasteiger partial charge < -0.3 is 5.11 Å². The van der Waals surface area contributed by atoms with Crippen LogP contribution in [0.3, 0.4) is 0 Å². The second kappa shape index (κ2) is 5.82. The van der Waals surface area contributed by atoms with E-state index in [0.29, 0.717) is 16.1 Å². The topological polar surface area (TPSA) is 50.2 Å². The summed E-state index contributed by atoms with van der Waals surface area (Å²) in [6.45, 7) is 0. The molecule has 3 nitrogen and oxygen atoms in total. The normalized spacial score (nSPS) is 15.7. The van der Waals surface area contributed by atoms with Gasteiger partial charge in [0.25, 0.3) is 0 Å². The van der Waals surface area contributed by atoms with Crippen molar-refractivity contribution in [3.05, 3.63) is 64.9 Å². The van der Waals surface area contributed by atoms with Crippen LogP contribution in [0.5, 0.6) is 0 Å². The molecule has 0 spiro atoms. The minimum Gasteiger partial charge on any atom is -0.379 e. The first kappa shape index (κ1) is 14.2. The fourth-order valence-corrected chi connectivity index (χ4v) is 3.03. The number of aromatic nitrogens is 1. The Hall–Kier alpha value is -1.23. The van der Waals surface area contributed by atoms with Gasteiger partial charge in [-0.1, -0.05) is 23.7 Å². The van der Waals surface area contributed by atoms with Gasteiger partial charge in [0, 0.05) is 34.5 Å². The van der Waals surface area contributed by atoms with Gasteiger partial charge >= 0.3 is 0 Å². The van der Waals surface area contributed by atoms with E-state index >= 15 is 0 Å². The smallest absolute Gasteiger partial charge is 0.126 e. The molecule has 1 aromatic heterocycles. The van der Waals surface area contributed by atoms with E-state index in [-0.39, 0.29) is 5.75 Å². The molecular formula is C14H14ClNO2S. The van der Waals surface area contributed by atoms with E-state index in [2.05, 4.69) is 4.98 Å². The van der Waals surface area contributed by atoms with E-state index in [1.807, 2.05) is 0 Å². The number of benzene rings is 1. The Bertz CT molecular complexity index is 574. The van der Waals surface area contributed by atoms with Crippen LogP contribution in [0.15, 0.2) is 48.8 Å². The first-order chi connectivity index (χ1) is 9.02. The molecule has 5 heteroatoms. The molecule has 19 heavy (non-hydrogen) atoms. The standard InChI is InChI=1S/C14H14ClNO2S/c1-19(18)10-14(17,12-6-8-16-9-7-12)11-2-4-13(15)5-3-11/h2-9,17H,10H2,1H3/t14-,19-/m1/s1. The highest BCUT2D eigenvalue weighted by atomic mass is 35.5. The van der Waals surface area contributed by atoms with E-state index < -0.39 is 16.4 Å². The van der Waals surface area contributed by atoms with Crippen LogP contribution in [0, 0.1) is 0 Å². The monoisotopic (exact) mass is 295 g/mol. The molecule has 2 aromatic rings. The van der Waals surface area contributed by atoms with Crippen molar-refractivity contribution in [1.82, 2.24) is 4.98 Å². The molecule has 1 heterocycles. The number of rotatable bonds is 4. The third kappa shape index (κ3) is 3.21. The van der Waals surface area contributed by atoms with Crippen LogP contribution in [0.4, 0.5) is 0 Å². The molecule has 0 aliphatic carbocycles. The van der Waals surface area contributed by atoms with Crippen molar-refractivity contribution in [2.45, 2.75) is 5.60 Å². The Balaban J connectivity index is 2.51. The van der Waals surface area contributed by atoms with Crippen LogP contribution in [0.2, 0.25) is 5.02 Å². The van der Waals surface area contributed by atoms with Crippen LogP contribution < -0.4 is 0 Å². The SMILES string of the molecule is C[S@@](=O)C[C@](O)(c1ccncc1)c1ccc(Cl)cc1. The predicted octanol–water partition coefficient (Wildman–Crippen LogP) is 2.35. The molecule has 1 aromatic carbocycles. The maximum Gasteiger partial charge on any atom is 0.126 e. The number of halogens is 1. The number of hydrogen-bond donors (Lipinski definition) is 1. The first-order valence-corrected chi connectivity index (χ1v) is 7.82. The minimum absolute atomic E-state index is 0.124. The van der Waals surface area contributed by atoms with Crippen molar-refractivity contribution in [2.24, 2.45) is 0 Å². The molecule has 0 aliphatic heterocycles. The Labute approximate surface area is 119 Å². The van der Waals surface area contributed by atoms with E-state index in [1.165, 1.54) is 0 Å². The second-order valence-electron chi connectivity index (χ2n) is 4.32. The highest BCUT2D eigenvalue weighted by Crippen LogP contribution is 2.30. The lowest BCUT2D eigenvalue weighted by atomic mass is 9.89. The molecule has 100 valence electrons. The third-order valence-electron chi connectivity index (χ3n) is 2.89. The van der Waals surface area contributed by atoms with Gasteiger partial charge in [-0.25, -0.2) is 0 Å². The average molecular weight is 296 g/mol. The summed E-state index contributed by atoms with van der Waals surface area (Å²) >= 11 is 5.86. The molecule has 0 saturated carbocycles. The van der Waals surface area contributed by atoms with E-state index in [4.69, 9.17) is 11.6 Å². The summed E-state index contributed by atoms with van der Waals surface area (Å²) in [5.74, 6) is 0.124. The highest BCUT2D eigenvalue weighted by molar-refractivity contribution is 7.84. The summed E-state index contributed by atoms with van der Waals surface area (Å²) in [5.41, 5.74) is 0.0333. The van der Waals surface area contributed by atoms with Crippen molar-refractivity contribution in [2.75, 3.05) is 12.0 Å². The first-order valence-electron chi connectivity index (χ1n) is 5.71. The molecule has 1 N–H and O–H groups in total. The van der Waals surface area contributed by atoms with E-state index in [9.17, 15) is 9.32 Å². The lowest BCUT2D eigenvalue weighted by molar-refractivity contribution is 0.106. The molecule has 0 unspecified atom stereocenters. The molecule has 0 bridgehead atoms. The minimum atomic E-state index is -1.30. The fourth-order valence-electron chi connectivity index (χ4n) is 1.98. The lowest BCUT2D eigenvalue weighted by Gasteiger charge is -2.28. The highest BCUT2D eigenvalue weighted by Gasteiger charge is 2.32. The Kier molecular flexibility index (Phi) is 4.34. The van der Waals surface area contributed by atoms with Crippen LogP contribution in [-0.4, -0.2) is 26.3 Å². The van der Waals surface area contributed by atoms with Crippen LogP contribution in [0.25, 0.3) is 0 Å². The van der Waals surface area contributed by atoms with Crippen molar-refractivity contribution in [3.8, 4) is 0 Å². The summed E-state index contributed by atoms with van der Waals surface area (Å²) in [5, 5.41) is 11.5. The van der Waals surface area contributed by atoms with Crippen molar-refractivity contribution < 1.29 is 9.32 Å². The van der Waals surface area contributed by atoms with Crippen molar-refractivity contribution in [3.63, 3.8) is 0 Å². The zero-order chi connectivity index (χ0) is 13.9. The van der Waals surface area contributed by atoms with Gasteiger partial charge in [0.05, 0.1) is 5.75 Å². The van der Waals surface area contributed by atoms with Gasteiger partial charge in [0.1, 0.15) is 5.60 Å². The summed E-state index contributed by atoms with van der Waals surface area (Å²) < 4.78 is 11.6. The largest absolute Gasteiger partial charge is 0.379 e. The molecule has 2 rings (SSSR count). The van der Waals surface area contributed by atoms with Crippen LogP contribution in [-0.2, 0) is 16.4 Å². The summed E-state index contributed by atoms with van der Waals surface area (Å²) in [6, 6.07) is 10.4. The molecule has 2 atom stereocenters. The van der Waals surface area contributed by atoms with Crippen LogP contribution >= 0.6 is 11.6 Å². The van der Waals surface area contributed by atoms with E-state index in [0.717, 1.165) is 0 Å². The maximum absolute atomic E-state index is 11.6.